The lowest BCUT2D eigenvalue weighted by Gasteiger charge is -2.41. The van der Waals surface area contributed by atoms with Crippen molar-refractivity contribution in [3.05, 3.63) is 41.5 Å². The van der Waals surface area contributed by atoms with E-state index in [2.05, 4.69) is 41.7 Å². The summed E-state index contributed by atoms with van der Waals surface area (Å²) in [5.74, 6) is -0.885. The number of rotatable bonds is 11. The van der Waals surface area contributed by atoms with Crippen molar-refractivity contribution in [1.29, 1.82) is 0 Å². The zero-order valence-corrected chi connectivity index (χ0v) is 22.2. The smallest absolute Gasteiger partial charge is 0.239 e. The van der Waals surface area contributed by atoms with E-state index in [1.165, 1.54) is 11.1 Å². The molecule has 3 rings (SSSR count). The number of benzene rings is 1. The number of nitrogens with one attached hydrogen (secondary N) is 1. The average Bonchev–Trinajstić information content (AvgIpc) is 3.23. The number of fused-ring (bicyclic) bond motifs is 2. The zero-order valence-electron chi connectivity index (χ0n) is 22.2. The van der Waals surface area contributed by atoms with Crippen molar-refractivity contribution in [2.75, 3.05) is 19.7 Å². The molecule has 0 bridgehead atoms. The quantitative estimate of drug-likeness (QED) is 0.435. The van der Waals surface area contributed by atoms with Gasteiger partial charge in [-0.15, -0.1) is 0 Å². The molecular formula is C29H43N3O4. The summed E-state index contributed by atoms with van der Waals surface area (Å²) in [7, 11) is 0. The first kappa shape index (κ1) is 28.1. The third-order valence-electron chi connectivity index (χ3n) is 8.06. The fourth-order valence-electron chi connectivity index (χ4n) is 5.51. The van der Waals surface area contributed by atoms with Gasteiger partial charge < -0.3 is 21.1 Å². The first-order valence-electron chi connectivity index (χ1n) is 13.4. The highest BCUT2D eigenvalue weighted by Gasteiger charge is 2.41. The van der Waals surface area contributed by atoms with Crippen LogP contribution in [-0.4, -0.2) is 59.4 Å². The summed E-state index contributed by atoms with van der Waals surface area (Å²) in [6.45, 7) is 8.86. The largest absolute Gasteiger partial charge is 0.394 e. The summed E-state index contributed by atoms with van der Waals surface area (Å²) in [5.41, 5.74) is 8.26. The molecule has 4 N–H and O–H groups in total. The van der Waals surface area contributed by atoms with Crippen LogP contribution in [0.15, 0.2) is 30.3 Å². The highest BCUT2D eigenvalue weighted by Crippen LogP contribution is 2.44. The normalized spacial score (nSPS) is 19.6. The van der Waals surface area contributed by atoms with Crippen LogP contribution in [0.25, 0.3) is 6.08 Å². The van der Waals surface area contributed by atoms with Gasteiger partial charge in [0.15, 0.2) is 5.78 Å². The van der Waals surface area contributed by atoms with Crippen LogP contribution in [0.4, 0.5) is 0 Å². The van der Waals surface area contributed by atoms with E-state index >= 15 is 0 Å². The fraction of sp³-hybridized carbons (Fsp3) is 0.621. The predicted octanol–water partition coefficient (Wildman–Crippen LogP) is 3.05. The van der Waals surface area contributed by atoms with Gasteiger partial charge in [-0.05, 0) is 42.2 Å². The molecule has 1 aromatic rings. The van der Waals surface area contributed by atoms with Gasteiger partial charge in [0.25, 0.3) is 0 Å². The van der Waals surface area contributed by atoms with E-state index in [0.29, 0.717) is 19.5 Å². The molecule has 0 saturated carbocycles. The molecule has 0 unspecified atom stereocenters. The maximum Gasteiger partial charge on any atom is 0.239 e. The number of amides is 2. The second kappa shape index (κ2) is 12.2. The second-order valence-corrected chi connectivity index (χ2v) is 11.0. The summed E-state index contributed by atoms with van der Waals surface area (Å²) < 4.78 is 0. The minimum atomic E-state index is -1.07. The molecule has 2 aliphatic rings. The Morgan fingerprint density at radius 3 is 2.42 bits per heavy atom. The van der Waals surface area contributed by atoms with Crippen LogP contribution in [0, 0.1) is 17.8 Å². The number of carbonyl (C=O) groups is 3. The third-order valence-corrected chi connectivity index (χ3v) is 8.06. The monoisotopic (exact) mass is 497 g/mol. The standard InChI is InChI=1S/C29H43N3O4/c1-5-20(4)22(17-26(34)25(16-19(2)3)31-27(35)24(30)18-33)28(36)32-14-12-29(13-15-32)11-10-21-8-6-7-9-23(21)29/h6-11,19-20,22,24-25,33H,5,12-18,30H2,1-4H3,(H,31,35)/t20-,22-,24-,25-/m0/s1. The second-order valence-electron chi connectivity index (χ2n) is 11.0. The van der Waals surface area contributed by atoms with Gasteiger partial charge in [-0.1, -0.05) is 70.5 Å². The van der Waals surface area contributed by atoms with Crippen LogP contribution in [0.3, 0.4) is 0 Å². The minimum absolute atomic E-state index is 0.00677. The van der Waals surface area contributed by atoms with Crippen LogP contribution in [0.1, 0.15) is 70.9 Å². The number of Topliss-reactive ketones (excluding diaryl/α,β-unsaturated/α-hetero) is 1. The molecule has 0 aromatic heterocycles. The molecular weight excluding hydrogens is 454 g/mol. The Bertz CT molecular complexity index is 965. The number of nitrogens with zero attached hydrogens (tertiary/aromatic N) is 1. The molecule has 7 nitrogen and oxygen atoms in total. The first-order valence-corrected chi connectivity index (χ1v) is 13.4. The summed E-state index contributed by atoms with van der Waals surface area (Å²) in [5, 5.41) is 11.9. The molecule has 2 amide bonds. The number of piperidine rings is 1. The predicted molar refractivity (Wildman–Crippen MR) is 142 cm³/mol. The van der Waals surface area contributed by atoms with Gasteiger partial charge in [-0.25, -0.2) is 0 Å². The fourth-order valence-corrected chi connectivity index (χ4v) is 5.51. The van der Waals surface area contributed by atoms with Gasteiger partial charge in [0, 0.05) is 30.8 Å². The Morgan fingerprint density at radius 1 is 1.14 bits per heavy atom. The molecule has 4 atom stereocenters. The van der Waals surface area contributed by atoms with Crippen molar-refractivity contribution in [3.63, 3.8) is 0 Å². The topological polar surface area (TPSA) is 113 Å². The number of likely N-dealkylation sites (tertiary alicyclic amines) is 1. The van der Waals surface area contributed by atoms with Gasteiger partial charge >= 0.3 is 0 Å². The molecule has 7 heteroatoms. The van der Waals surface area contributed by atoms with E-state index in [1.807, 2.05) is 32.6 Å². The lowest BCUT2D eigenvalue weighted by molar-refractivity contribution is -0.141. The van der Waals surface area contributed by atoms with Gasteiger partial charge in [-0.2, -0.15) is 0 Å². The maximum absolute atomic E-state index is 13.7. The Kier molecular flexibility index (Phi) is 9.47. The van der Waals surface area contributed by atoms with Crippen LogP contribution < -0.4 is 11.1 Å². The lowest BCUT2D eigenvalue weighted by Crippen LogP contribution is -2.51. The van der Waals surface area contributed by atoms with Crippen molar-refractivity contribution < 1.29 is 19.5 Å². The van der Waals surface area contributed by atoms with Crippen LogP contribution in [0.5, 0.6) is 0 Å². The molecule has 198 valence electrons. The SMILES string of the molecule is CC[C@H](C)[C@H](CC(=O)[C@H](CC(C)C)NC(=O)[C@@H](N)CO)C(=O)N1CCC2(C=Cc3ccccc32)CC1. The number of hydrogen-bond acceptors (Lipinski definition) is 5. The number of hydrogen-bond donors (Lipinski definition) is 3. The zero-order chi connectivity index (χ0) is 26.5. The molecule has 0 radical (unpaired) electrons. The molecule has 1 spiro atoms. The van der Waals surface area contributed by atoms with Gasteiger partial charge in [0.05, 0.1) is 12.6 Å². The highest BCUT2D eigenvalue weighted by molar-refractivity contribution is 5.93. The van der Waals surface area contributed by atoms with Gasteiger partial charge in [-0.3, -0.25) is 14.4 Å². The summed E-state index contributed by atoms with van der Waals surface area (Å²) in [6.07, 6.45) is 7.57. The number of aliphatic hydroxyl groups excluding tert-OH is 1. The van der Waals surface area contributed by atoms with Gasteiger partial charge in [0.1, 0.15) is 6.04 Å². The molecule has 1 fully saturated rings. The number of nitrogens with two attached hydrogens (primary N) is 1. The van der Waals surface area contributed by atoms with Crippen molar-refractivity contribution in [3.8, 4) is 0 Å². The van der Waals surface area contributed by atoms with E-state index < -0.39 is 30.5 Å². The third kappa shape index (κ3) is 6.24. The number of ketones is 1. The van der Waals surface area contributed by atoms with E-state index in [9.17, 15) is 19.5 Å². The maximum atomic E-state index is 13.7. The van der Waals surface area contributed by atoms with Crippen LogP contribution >= 0.6 is 0 Å². The van der Waals surface area contributed by atoms with E-state index in [4.69, 9.17) is 5.73 Å². The molecule has 1 saturated heterocycles. The van der Waals surface area contributed by atoms with Crippen molar-refractivity contribution in [2.24, 2.45) is 23.5 Å². The van der Waals surface area contributed by atoms with Crippen LogP contribution in [0.2, 0.25) is 0 Å². The first-order chi connectivity index (χ1) is 17.1. The average molecular weight is 498 g/mol. The Morgan fingerprint density at radius 2 is 1.81 bits per heavy atom. The van der Waals surface area contributed by atoms with E-state index in [0.717, 1.165) is 19.3 Å². The highest BCUT2D eigenvalue weighted by atomic mass is 16.3. The number of allylic oxidation sites excluding steroid dienone is 1. The summed E-state index contributed by atoms with van der Waals surface area (Å²) in [4.78, 5) is 41.3. The summed E-state index contributed by atoms with van der Waals surface area (Å²) >= 11 is 0. The van der Waals surface area contributed by atoms with Gasteiger partial charge in [0.2, 0.25) is 11.8 Å². The Balaban J connectivity index is 1.70. The Hall–Kier alpha value is -2.51. The van der Waals surface area contributed by atoms with Crippen LogP contribution in [-0.2, 0) is 19.8 Å². The van der Waals surface area contributed by atoms with Crippen molar-refractivity contribution in [2.45, 2.75) is 77.3 Å². The number of carbonyl (C=O) groups excluding carboxylic acids is 3. The summed E-state index contributed by atoms with van der Waals surface area (Å²) in [6, 6.07) is 6.67. The molecule has 36 heavy (non-hydrogen) atoms. The Labute approximate surface area is 215 Å². The molecule has 1 aliphatic heterocycles. The molecule has 1 aliphatic carbocycles. The van der Waals surface area contributed by atoms with E-state index in [1.54, 1.807) is 0 Å². The van der Waals surface area contributed by atoms with E-state index in [-0.39, 0.29) is 35.4 Å². The van der Waals surface area contributed by atoms with Crippen molar-refractivity contribution in [1.82, 2.24) is 10.2 Å². The number of aliphatic hydroxyl groups is 1. The molecule has 1 heterocycles. The lowest BCUT2D eigenvalue weighted by atomic mass is 9.74. The minimum Gasteiger partial charge on any atom is -0.394 e. The van der Waals surface area contributed by atoms with Crippen molar-refractivity contribution >= 4 is 23.7 Å². The molecule has 1 aromatic carbocycles.